The van der Waals surface area contributed by atoms with Crippen molar-refractivity contribution < 1.29 is 14.9 Å². The molecule has 1 unspecified atom stereocenters. The van der Waals surface area contributed by atoms with E-state index in [4.69, 9.17) is 4.74 Å². The molecule has 0 bridgehead atoms. The van der Waals surface area contributed by atoms with Crippen LogP contribution in [0.5, 0.6) is 5.75 Å². The van der Waals surface area contributed by atoms with Crippen molar-refractivity contribution in [2.75, 3.05) is 19.7 Å². The van der Waals surface area contributed by atoms with Gasteiger partial charge in [0.25, 0.3) is 0 Å². The lowest BCUT2D eigenvalue weighted by atomic mass is 9.80. The van der Waals surface area contributed by atoms with Crippen molar-refractivity contribution in [3.8, 4) is 5.75 Å². The highest BCUT2D eigenvalue weighted by molar-refractivity contribution is 5.20. The first-order chi connectivity index (χ1) is 8.68. The van der Waals surface area contributed by atoms with Crippen molar-refractivity contribution >= 4 is 0 Å². The van der Waals surface area contributed by atoms with Gasteiger partial charge >= 0.3 is 0 Å². The Morgan fingerprint density at radius 3 is 2.61 bits per heavy atom. The third-order valence-electron chi connectivity index (χ3n) is 3.30. The minimum atomic E-state index is -0.561. The van der Waals surface area contributed by atoms with Gasteiger partial charge in [0.05, 0.1) is 5.60 Å². The number of hydrogen-bond acceptors (Lipinski definition) is 4. The fourth-order valence-corrected chi connectivity index (χ4v) is 2.00. The zero-order valence-corrected chi connectivity index (χ0v) is 10.5. The summed E-state index contributed by atoms with van der Waals surface area (Å²) in [5.74, 6) is 0.758. The molecule has 1 aliphatic rings. The summed E-state index contributed by atoms with van der Waals surface area (Å²) in [4.78, 5) is 0. The molecule has 1 fully saturated rings. The molecule has 100 valence electrons. The van der Waals surface area contributed by atoms with Crippen molar-refractivity contribution in [2.24, 2.45) is 0 Å². The van der Waals surface area contributed by atoms with Crippen LogP contribution in [0, 0.1) is 0 Å². The summed E-state index contributed by atoms with van der Waals surface area (Å²) in [6, 6.07) is 9.43. The number of ether oxygens (including phenoxy) is 1. The van der Waals surface area contributed by atoms with Crippen LogP contribution in [0.25, 0.3) is 0 Å². The number of para-hydroxylation sites is 1. The van der Waals surface area contributed by atoms with Crippen LogP contribution >= 0.6 is 0 Å². The summed E-state index contributed by atoms with van der Waals surface area (Å²) in [6.45, 7) is 1.25. The normalized spacial score (nSPS) is 19.0. The number of aliphatic hydroxyl groups excluding tert-OH is 1. The fraction of sp³-hybridized carbons (Fsp3) is 0.571. The Morgan fingerprint density at radius 2 is 2.00 bits per heavy atom. The van der Waals surface area contributed by atoms with Crippen molar-refractivity contribution in [1.82, 2.24) is 5.32 Å². The molecule has 1 aromatic carbocycles. The van der Waals surface area contributed by atoms with E-state index < -0.39 is 11.7 Å². The number of aliphatic hydroxyl groups is 2. The minimum absolute atomic E-state index is 0.259. The topological polar surface area (TPSA) is 61.7 Å². The third kappa shape index (κ3) is 3.98. The molecule has 4 nitrogen and oxygen atoms in total. The summed E-state index contributed by atoms with van der Waals surface area (Å²) in [6.07, 6.45) is 2.25. The van der Waals surface area contributed by atoms with Gasteiger partial charge in [-0.05, 0) is 31.4 Å². The van der Waals surface area contributed by atoms with Gasteiger partial charge in [-0.25, -0.2) is 0 Å². The number of rotatable bonds is 7. The molecule has 1 aliphatic carbocycles. The summed E-state index contributed by atoms with van der Waals surface area (Å²) in [5.41, 5.74) is -0.542. The second-order valence-corrected chi connectivity index (χ2v) is 4.99. The van der Waals surface area contributed by atoms with E-state index in [0.29, 0.717) is 13.1 Å². The van der Waals surface area contributed by atoms with Crippen LogP contribution < -0.4 is 10.1 Å². The average Bonchev–Trinajstić information content (AvgIpc) is 2.35. The lowest BCUT2D eigenvalue weighted by Crippen LogP contribution is -2.48. The Kier molecular flexibility index (Phi) is 4.58. The minimum Gasteiger partial charge on any atom is -0.491 e. The number of benzene rings is 1. The standard InChI is InChI=1S/C14H21NO3/c16-12(9-15-11-14(17)7-4-8-14)10-18-13-5-2-1-3-6-13/h1-3,5-6,12,15-17H,4,7-11H2. The van der Waals surface area contributed by atoms with Crippen LogP contribution in [-0.2, 0) is 0 Å². The van der Waals surface area contributed by atoms with E-state index >= 15 is 0 Å². The van der Waals surface area contributed by atoms with Crippen LogP contribution in [0.3, 0.4) is 0 Å². The molecule has 1 aromatic rings. The second kappa shape index (κ2) is 6.18. The highest BCUT2D eigenvalue weighted by Gasteiger charge is 2.33. The second-order valence-electron chi connectivity index (χ2n) is 4.99. The highest BCUT2D eigenvalue weighted by atomic mass is 16.5. The van der Waals surface area contributed by atoms with Crippen molar-refractivity contribution in [2.45, 2.75) is 31.0 Å². The molecule has 0 heterocycles. The van der Waals surface area contributed by atoms with E-state index in [0.717, 1.165) is 25.0 Å². The molecule has 18 heavy (non-hydrogen) atoms. The summed E-state index contributed by atoms with van der Waals surface area (Å²) in [5, 5.41) is 22.7. The average molecular weight is 251 g/mol. The molecule has 3 N–H and O–H groups in total. The van der Waals surface area contributed by atoms with Gasteiger partial charge in [-0.1, -0.05) is 18.2 Å². The zero-order valence-electron chi connectivity index (χ0n) is 10.5. The predicted octanol–water partition coefficient (Wildman–Crippen LogP) is 0.931. The molecule has 2 rings (SSSR count). The molecule has 0 spiro atoms. The van der Waals surface area contributed by atoms with Gasteiger partial charge in [-0.15, -0.1) is 0 Å². The van der Waals surface area contributed by atoms with E-state index in [-0.39, 0.29) is 6.61 Å². The number of hydrogen-bond donors (Lipinski definition) is 3. The lowest BCUT2D eigenvalue weighted by molar-refractivity contribution is -0.0334. The SMILES string of the molecule is OC(CNCC1(O)CCC1)COc1ccccc1. The summed E-state index contributed by atoms with van der Waals surface area (Å²) < 4.78 is 5.44. The summed E-state index contributed by atoms with van der Waals surface area (Å²) in [7, 11) is 0. The van der Waals surface area contributed by atoms with Gasteiger partial charge in [-0.2, -0.15) is 0 Å². The maximum Gasteiger partial charge on any atom is 0.119 e. The molecule has 1 saturated carbocycles. The Balaban J connectivity index is 1.59. The molecule has 0 aromatic heterocycles. The van der Waals surface area contributed by atoms with Crippen LogP contribution in [0.2, 0.25) is 0 Å². The molecule has 0 amide bonds. The maximum atomic E-state index is 9.86. The van der Waals surface area contributed by atoms with Crippen molar-refractivity contribution in [1.29, 1.82) is 0 Å². The molecule has 0 aliphatic heterocycles. The van der Waals surface area contributed by atoms with Gasteiger partial charge in [0.1, 0.15) is 18.5 Å². The molecule has 0 saturated heterocycles. The molecule has 0 radical (unpaired) electrons. The molecular formula is C14H21NO3. The zero-order chi connectivity index (χ0) is 12.8. The van der Waals surface area contributed by atoms with Gasteiger partial charge < -0.3 is 20.3 Å². The largest absolute Gasteiger partial charge is 0.491 e. The van der Waals surface area contributed by atoms with Crippen molar-refractivity contribution in [3.63, 3.8) is 0 Å². The number of nitrogens with one attached hydrogen (secondary N) is 1. The maximum absolute atomic E-state index is 9.86. The fourth-order valence-electron chi connectivity index (χ4n) is 2.00. The Morgan fingerprint density at radius 1 is 1.28 bits per heavy atom. The Hall–Kier alpha value is -1.10. The van der Waals surface area contributed by atoms with Crippen LogP contribution in [-0.4, -0.2) is 41.6 Å². The van der Waals surface area contributed by atoms with Gasteiger partial charge in [-0.3, -0.25) is 0 Å². The van der Waals surface area contributed by atoms with Crippen LogP contribution in [0.1, 0.15) is 19.3 Å². The van der Waals surface area contributed by atoms with E-state index in [1.54, 1.807) is 0 Å². The smallest absolute Gasteiger partial charge is 0.119 e. The van der Waals surface area contributed by atoms with Gasteiger partial charge in [0, 0.05) is 13.1 Å². The molecular weight excluding hydrogens is 230 g/mol. The Bertz CT molecular complexity index is 351. The van der Waals surface area contributed by atoms with Gasteiger partial charge in [0.15, 0.2) is 0 Å². The predicted molar refractivity (Wildman–Crippen MR) is 69.6 cm³/mol. The quantitative estimate of drug-likeness (QED) is 0.674. The van der Waals surface area contributed by atoms with E-state index in [1.807, 2.05) is 30.3 Å². The lowest BCUT2D eigenvalue weighted by Gasteiger charge is -2.36. The van der Waals surface area contributed by atoms with E-state index in [9.17, 15) is 10.2 Å². The highest BCUT2D eigenvalue weighted by Crippen LogP contribution is 2.30. The third-order valence-corrected chi connectivity index (χ3v) is 3.30. The molecule has 4 heteroatoms. The first-order valence-electron chi connectivity index (χ1n) is 6.47. The Labute approximate surface area is 108 Å². The van der Waals surface area contributed by atoms with Crippen molar-refractivity contribution in [3.05, 3.63) is 30.3 Å². The summed E-state index contributed by atoms with van der Waals surface area (Å²) >= 11 is 0. The molecule has 1 atom stereocenters. The monoisotopic (exact) mass is 251 g/mol. The van der Waals surface area contributed by atoms with E-state index in [1.165, 1.54) is 0 Å². The van der Waals surface area contributed by atoms with Crippen LogP contribution in [0.15, 0.2) is 30.3 Å². The first-order valence-corrected chi connectivity index (χ1v) is 6.47. The van der Waals surface area contributed by atoms with Crippen LogP contribution in [0.4, 0.5) is 0 Å². The van der Waals surface area contributed by atoms with Gasteiger partial charge in [0.2, 0.25) is 0 Å². The van der Waals surface area contributed by atoms with E-state index in [2.05, 4.69) is 5.32 Å². The first kappa shape index (κ1) is 13.3.